The lowest BCUT2D eigenvalue weighted by Gasteiger charge is -2.18. The third kappa shape index (κ3) is 61.8. The zero-order chi connectivity index (χ0) is 54.3. The maximum absolute atomic E-state index is 12.8. The predicted molar refractivity (Wildman–Crippen MR) is 325 cm³/mol. The summed E-state index contributed by atoms with van der Waals surface area (Å²) in [6.45, 7) is 6.59. The summed E-state index contributed by atoms with van der Waals surface area (Å²) in [7, 11) is 0. The van der Waals surface area contributed by atoms with Gasteiger partial charge in [-0.15, -0.1) is 0 Å². The first-order valence-corrected chi connectivity index (χ1v) is 32.8. The van der Waals surface area contributed by atoms with E-state index in [1.54, 1.807) is 0 Å². The van der Waals surface area contributed by atoms with Crippen LogP contribution in [0.1, 0.15) is 342 Å². The van der Waals surface area contributed by atoms with Crippen LogP contribution in [0.3, 0.4) is 0 Å². The summed E-state index contributed by atoms with van der Waals surface area (Å²) in [6.07, 6.45) is 81.2. The van der Waals surface area contributed by atoms with Crippen LogP contribution in [0.25, 0.3) is 0 Å². The number of allylic oxidation sites excluding steroid dienone is 10. The van der Waals surface area contributed by atoms with Gasteiger partial charge in [-0.05, 0) is 89.9 Å². The zero-order valence-electron chi connectivity index (χ0n) is 50.1. The molecule has 0 fully saturated rings. The summed E-state index contributed by atoms with van der Waals surface area (Å²) in [4.78, 5) is 38.1. The van der Waals surface area contributed by atoms with Gasteiger partial charge in [0.15, 0.2) is 6.10 Å². The van der Waals surface area contributed by atoms with Gasteiger partial charge >= 0.3 is 17.9 Å². The van der Waals surface area contributed by atoms with Crippen LogP contribution < -0.4 is 0 Å². The molecule has 0 aliphatic rings. The zero-order valence-corrected chi connectivity index (χ0v) is 50.1. The van der Waals surface area contributed by atoms with E-state index in [0.29, 0.717) is 19.3 Å². The van der Waals surface area contributed by atoms with Crippen molar-refractivity contribution < 1.29 is 28.6 Å². The lowest BCUT2D eigenvalue weighted by Crippen LogP contribution is -2.30. The molecule has 0 rings (SSSR count). The van der Waals surface area contributed by atoms with Crippen LogP contribution >= 0.6 is 0 Å². The number of carbonyl (C=O) groups is 3. The van der Waals surface area contributed by atoms with E-state index < -0.39 is 6.10 Å². The molecule has 0 aromatic carbocycles. The van der Waals surface area contributed by atoms with Crippen LogP contribution in [-0.2, 0) is 28.6 Å². The van der Waals surface area contributed by atoms with Crippen molar-refractivity contribution in [2.45, 2.75) is 348 Å². The molecule has 75 heavy (non-hydrogen) atoms. The minimum atomic E-state index is -0.777. The fourth-order valence-corrected chi connectivity index (χ4v) is 9.54. The van der Waals surface area contributed by atoms with Crippen LogP contribution in [0.2, 0.25) is 0 Å². The molecule has 0 aliphatic heterocycles. The van der Waals surface area contributed by atoms with Crippen LogP contribution in [-0.4, -0.2) is 37.2 Å². The fourth-order valence-electron chi connectivity index (χ4n) is 9.54. The standard InChI is InChI=1S/C69H124O6/c1-4-7-10-13-16-18-20-22-24-26-28-29-30-31-32-33-34-35-36-37-38-39-41-42-44-46-48-50-53-56-59-62-68(71)74-65-66(64-73-67(70)61-58-55-52-15-12-9-6-3)75-69(72)63-60-57-54-51-49-47-45-43-40-27-25-23-21-19-17-14-11-8-5-2/h17,19-20,22-23,25-26,28,40,43,66H,4-16,18,21,24,27,29-39,41-42,44-65H2,1-3H3/b19-17-,22-20-,25-23-,28-26-,43-40-. The van der Waals surface area contributed by atoms with Gasteiger partial charge in [0, 0.05) is 19.3 Å². The summed E-state index contributed by atoms with van der Waals surface area (Å²) in [6, 6.07) is 0. The molecule has 1 atom stereocenters. The van der Waals surface area contributed by atoms with Crippen molar-refractivity contribution in [3.05, 3.63) is 60.8 Å². The first kappa shape index (κ1) is 72.1. The summed E-state index contributed by atoms with van der Waals surface area (Å²) < 4.78 is 16.8. The summed E-state index contributed by atoms with van der Waals surface area (Å²) in [5.74, 6) is -0.880. The number of rotatable bonds is 60. The monoisotopic (exact) mass is 1050 g/mol. The molecule has 0 amide bonds. The average molecular weight is 1050 g/mol. The van der Waals surface area contributed by atoms with Crippen molar-refractivity contribution in [1.82, 2.24) is 0 Å². The maximum Gasteiger partial charge on any atom is 0.306 e. The molecular weight excluding hydrogens is 925 g/mol. The van der Waals surface area contributed by atoms with Gasteiger partial charge < -0.3 is 14.2 Å². The lowest BCUT2D eigenvalue weighted by atomic mass is 10.0. The third-order valence-corrected chi connectivity index (χ3v) is 14.5. The molecule has 0 heterocycles. The van der Waals surface area contributed by atoms with Gasteiger partial charge in [0.1, 0.15) is 13.2 Å². The Morgan fingerprint density at radius 2 is 0.480 bits per heavy atom. The molecule has 6 heteroatoms. The summed E-state index contributed by atoms with van der Waals surface area (Å²) in [5.41, 5.74) is 0. The van der Waals surface area contributed by atoms with Crippen molar-refractivity contribution in [3.63, 3.8) is 0 Å². The van der Waals surface area contributed by atoms with E-state index in [4.69, 9.17) is 14.2 Å². The lowest BCUT2D eigenvalue weighted by molar-refractivity contribution is -0.167. The van der Waals surface area contributed by atoms with Crippen molar-refractivity contribution in [2.75, 3.05) is 13.2 Å². The van der Waals surface area contributed by atoms with E-state index in [0.717, 1.165) is 83.5 Å². The molecule has 0 aromatic rings. The van der Waals surface area contributed by atoms with Crippen LogP contribution in [0.5, 0.6) is 0 Å². The average Bonchev–Trinajstić information content (AvgIpc) is 3.41. The van der Waals surface area contributed by atoms with Crippen molar-refractivity contribution >= 4 is 17.9 Å². The quantitative estimate of drug-likeness (QED) is 0.0261. The van der Waals surface area contributed by atoms with E-state index in [1.165, 1.54) is 218 Å². The molecular formula is C69H124O6. The van der Waals surface area contributed by atoms with Gasteiger partial charge in [-0.1, -0.05) is 293 Å². The largest absolute Gasteiger partial charge is 0.462 e. The molecule has 0 aliphatic carbocycles. The molecule has 0 N–H and O–H groups in total. The Bertz CT molecular complexity index is 1340. The second kappa shape index (κ2) is 63.6. The number of esters is 3. The molecule has 0 radical (unpaired) electrons. The van der Waals surface area contributed by atoms with E-state index in [9.17, 15) is 14.4 Å². The topological polar surface area (TPSA) is 78.9 Å². The Balaban J connectivity index is 4.04. The highest BCUT2D eigenvalue weighted by Crippen LogP contribution is 2.17. The number of carbonyl (C=O) groups excluding carboxylic acids is 3. The first-order chi connectivity index (χ1) is 37.0. The van der Waals surface area contributed by atoms with Crippen molar-refractivity contribution in [2.24, 2.45) is 0 Å². The highest BCUT2D eigenvalue weighted by molar-refractivity contribution is 5.71. The SMILES string of the molecule is CCCCC/C=C\C/C=C\C/C=C\CCCCCCCCC(=O)OC(COC(=O)CCCCCCCCC)COC(=O)CCCCCCCCCCCCCCCCCCCCC/C=C\C/C=C\CCCCCCC. The number of hydrogen-bond acceptors (Lipinski definition) is 6. The predicted octanol–water partition coefficient (Wildman–Crippen LogP) is 22.3. The molecule has 1 unspecified atom stereocenters. The number of ether oxygens (including phenoxy) is 3. The highest BCUT2D eigenvalue weighted by Gasteiger charge is 2.19. The van der Waals surface area contributed by atoms with Gasteiger partial charge in [-0.2, -0.15) is 0 Å². The second-order valence-electron chi connectivity index (χ2n) is 22.0. The smallest absolute Gasteiger partial charge is 0.306 e. The Morgan fingerprint density at radius 1 is 0.267 bits per heavy atom. The Kier molecular flexibility index (Phi) is 61.2. The minimum Gasteiger partial charge on any atom is -0.462 e. The van der Waals surface area contributed by atoms with Gasteiger partial charge in [0.2, 0.25) is 0 Å². The maximum atomic E-state index is 12.8. The minimum absolute atomic E-state index is 0.0760. The van der Waals surface area contributed by atoms with Crippen LogP contribution in [0.15, 0.2) is 60.8 Å². The van der Waals surface area contributed by atoms with Gasteiger partial charge in [-0.3, -0.25) is 14.4 Å². The number of unbranched alkanes of at least 4 members (excludes halogenated alkanes) is 39. The molecule has 436 valence electrons. The Hall–Kier alpha value is -2.89. The second-order valence-corrected chi connectivity index (χ2v) is 22.0. The molecule has 0 saturated carbocycles. The summed E-state index contributed by atoms with van der Waals surface area (Å²) in [5, 5.41) is 0. The Morgan fingerprint density at radius 3 is 0.773 bits per heavy atom. The van der Waals surface area contributed by atoms with Gasteiger partial charge in [0.25, 0.3) is 0 Å². The molecule has 0 aromatic heterocycles. The van der Waals surface area contributed by atoms with Crippen LogP contribution in [0, 0.1) is 0 Å². The van der Waals surface area contributed by atoms with Gasteiger partial charge in [-0.25, -0.2) is 0 Å². The van der Waals surface area contributed by atoms with Crippen LogP contribution in [0.4, 0.5) is 0 Å². The van der Waals surface area contributed by atoms with E-state index in [-0.39, 0.29) is 31.1 Å². The first-order valence-electron chi connectivity index (χ1n) is 32.8. The van der Waals surface area contributed by atoms with E-state index >= 15 is 0 Å². The third-order valence-electron chi connectivity index (χ3n) is 14.5. The summed E-state index contributed by atoms with van der Waals surface area (Å²) >= 11 is 0. The molecule has 0 bridgehead atoms. The van der Waals surface area contributed by atoms with E-state index in [1.807, 2.05) is 0 Å². The fraction of sp³-hybridized carbons (Fsp3) is 0.812. The highest BCUT2D eigenvalue weighted by atomic mass is 16.6. The van der Waals surface area contributed by atoms with Gasteiger partial charge in [0.05, 0.1) is 0 Å². The number of hydrogen-bond donors (Lipinski definition) is 0. The Labute approximate surface area is 466 Å². The molecule has 6 nitrogen and oxygen atoms in total. The molecule has 0 spiro atoms. The molecule has 0 saturated heterocycles. The normalized spacial score (nSPS) is 12.4. The van der Waals surface area contributed by atoms with Crippen molar-refractivity contribution in [3.8, 4) is 0 Å². The van der Waals surface area contributed by atoms with E-state index in [2.05, 4.69) is 81.5 Å². The van der Waals surface area contributed by atoms with Crippen molar-refractivity contribution in [1.29, 1.82) is 0 Å².